The van der Waals surface area contributed by atoms with Crippen LogP contribution in [0, 0.1) is 0 Å². The third-order valence-corrected chi connectivity index (χ3v) is 5.40. The maximum Gasteiger partial charge on any atom is 0.329 e. The number of nitrogens with zero attached hydrogens (tertiary/aromatic N) is 4. The predicted molar refractivity (Wildman–Crippen MR) is 101 cm³/mol. The Bertz CT molecular complexity index is 897. The van der Waals surface area contributed by atoms with Crippen molar-refractivity contribution in [3.05, 3.63) is 18.2 Å². The van der Waals surface area contributed by atoms with Gasteiger partial charge in [-0.1, -0.05) is 0 Å². The van der Waals surface area contributed by atoms with E-state index in [1.165, 1.54) is 4.90 Å². The summed E-state index contributed by atoms with van der Waals surface area (Å²) in [4.78, 5) is 27.1. The molecule has 2 aliphatic rings. The fourth-order valence-electron chi connectivity index (χ4n) is 3.85. The van der Waals surface area contributed by atoms with E-state index in [0.29, 0.717) is 18.9 Å². The first-order chi connectivity index (χ1) is 13.0. The molecule has 0 saturated carbocycles. The van der Waals surface area contributed by atoms with Gasteiger partial charge in [0.25, 0.3) is 0 Å². The summed E-state index contributed by atoms with van der Waals surface area (Å²) in [6.45, 7) is 1.43. The van der Waals surface area contributed by atoms with Gasteiger partial charge < -0.3 is 10.2 Å². The van der Waals surface area contributed by atoms with Crippen LogP contribution in [-0.4, -0.2) is 60.6 Å². The van der Waals surface area contributed by atoms with Crippen LogP contribution in [-0.2, 0) is 11.8 Å². The molecule has 8 nitrogen and oxygen atoms in total. The summed E-state index contributed by atoms with van der Waals surface area (Å²) in [5.74, 6) is 0.255. The number of hydrogen-bond acceptors (Lipinski definition) is 5. The highest BCUT2D eigenvalue weighted by molar-refractivity contribution is 6.09. The number of aryl methyl sites for hydroxylation is 1. The number of fused-ring (bicyclic) bond motifs is 1. The van der Waals surface area contributed by atoms with E-state index in [-0.39, 0.29) is 18.4 Å². The van der Waals surface area contributed by atoms with Crippen LogP contribution in [0.15, 0.2) is 18.2 Å². The van der Waals surface area contributed by atoms with Crippen molar-refractivity contribution in [1.29, 1.82) is 0 Å². The maximum absolute atomic E-state index is 14.3. The summed E-state index contributed by atoms with van der Waals surface area (Å²) in [7, 11) is 3.61. The van der Waals surface area contributed by atoms with Crippen LogP contribution in [0.1, 0.15) is 12.8 Å². The Morgan fingerprint density at radius 1 is 1.30 bits per heavy atom. The largest absolute Gasteiger partial charge is 0.368 e. The number of alkyl halides is 1. The van der Waals surface area contributed by atoms with E-state index in [1.54, 1.807) is 11.7 Å². The van der Waals surface area contributed by atoms with Crippen LogP contribution in [0.2, 0.25) is 0 Å². The lowest BCUT2D eigenvalue weighted by molar-refractivity contribution is -0.120. The van der Waals surface area contributed by atoms with Crippen LogP contribution < -0.4 is 20.4 Å². The van der Waals surface area contributed by atoms with Gasteiger partial charge in [0.05, 0.1) is 12.1 Å². The summed E-state index contributed by atoms with van der Waals surface area (Å²) in [6.07, 6.45) is 0.0743. The second kappa shape index (κ2) is 6.80. The molecule has 0 radical (unpaired) electrons. The van der Waals surface area contributed by atoms with Gasteiger partial charge in [-0.05, 0) is 31.7 Å². The van der Waals surface area contributed by atoms with Gasteiger partial charge in [0.15, 0.2) is 5.82 Å². The maximum atomic E-state index is 14.3. The minimum absolute atomic E-state index is 0.103. The lowest BCUT2D eigenvalue weighted by Crippen LogP contribution is -2.50. The molecule has 144 valence electrons. The van der Waals surface area contributed by atoms with Gasteiger partial charge in [-0.25, -0.2) is 9.18 Å². The van der Waals surface area contributed by atoms with Gasteiger partial charge in [-0.3, -0.25) is 19.7 Å². The second-order valence-corrected chi connectivity index (χ2v) is 7.05. The number of carbonyl (C=O) groups excluding carboxylic acids is 2. The summed E-state index contributed by atoms with van der Waals surface area (Å²) < 4.78 is 16.0. The number of urea groups is 1. The highest BCUT2D eigenvalue weighted by Crippen LogP contribution is 2.31. The molecule has 4 rings (SSSR count). The first-order valence-electron chi connectivity index (χ1n) is 9.12. The van der Waals surface area contributed by atoms with Crippen molar-refractivity contribution in [3.63, 3.8) is 0 Å². The topological polar surface area (TPSA) is 82.5 Å². The molecule has 2 aromatic rings. The Hall–Kier alpha value is -2.68. The Morgan fingerprint density at radius 3 is 2.81 bits per heavy atom. The number of nitrogens with one attached hydrogen (secondary N) is 2. The summed E-state index contributed by atoms with van der Waals surface area (Å²) in [6, 6.07) is 5.27. The van der Waals surface area contributed by atoms with E-state index in [0.717, 1.165) is 29.6 Å². The Balaban J connectivity index is 1.64. The Labute approximate surface area is 156 Å². The molecule has 2 aliphatic heterocycles. The number of imide groups is 1. The van der Waals surface area contributed by atoms with Gasteiger partial charge in [0, 0.05) is 43.7 Å². The molecule has 0 aliphatic carbocycles. The van der Waals surface area contributed by atoms with Crippen LogP contribution >= 0.6 is 0 Å². The highest BCUT2D eigenvalue weighted by atomic mass is 19.1. The summed E-state index contributed by atoms with van der Waals surface area (Å²) in [5, 5.41) is 10.7. The molecule has 2 N–H and O–H groups in total. The third kappa shape index (κ3) is 3.12. The molecule has 2 atom stereocenters. The fraction of sp³-hybridized carbons (Fsp3) is 0.500. The van der Waals surface area contributed by atoms with Crippen molar-refractivity contribution in [1.82, 2.24) is 20.4 Å². The van der Waals surface area contributed by atoms with Crippen LogP contribution in [0.3, 0.4) is 0 Å². The zero-order chi connectivity index (χ0) is 19.1. The molecule has 2 saturated heterocycles. The van der Waals surface area contributed by atoms with E-state index >= 15 is 0 Å². The van der Waals surface area contributed by atoms with Gasteiger partial charge in [-0.2, -0.15) is 5.10 Å². The Kier molecular flexibility index (Phi) is 4.47. The SMILES string of the molecule is CN[C@H]1CCN(c2ccc3c(N4CCC(=O)NC4=O)nn(C)c3c2)C[C@H]1F. The lowest BCUT2D eigenvalue weighted by Gasteiger charge is -2.36. The zero-order valence-corrected chi connectivity index (χ0v) is 15.4. The monoisotopic (exact) mass is 374 g/mol. The van der Waals surface area contributed by atoms with E-state index in [4.69, 9.17) is 0 Å². The predicted octanol–water partition coefficient (Wildman–Crippen LogP) is 1.16. The number of amides is 3. The number of carbonyl (C=O) groups is 2. The molecule has 9 heteroatoms. The number of aromatic nitrogens is 2. The quantitative estimate of drug-likeness (QED) is 0.842. The molecular weight excluding hydrogens is 351 g/mol. The molecule has 3 heterocycles. The average Bonchev–Trinajstić information content (AvgIpc) is 2.97. The van der Waals surface area contributed by atoms with Crippen molar-refractivity contribution in [3.8, 4) is 0 Å². The van der Waals surface area contributed by atoms with Crippen molar-refractivity contribution < 1.29 is 14.0 Å². The van der Waals surface area contributed by atoms with Crippen molar-refractivity contribution in [2.75, 3.05) is 36.5 Å². The highest BCUT2D eigenvalue weighted by Gasteiger charge is 2.30. The minimum Gasteiger partial charge on any atom is -0.368 e. The lowest BCUT2D eigenvalue weighted by atomic mass is 10.0. The normalized spacial score (nSPS) is 23.8. The number of halogens is 1. The van der Waals surface area contributed by atoms with E-state index in [9.17, 15) is 14.0 Å². The molecule has 0 unspecified atom stereocenters. The van der Waals surface area contributed by atoms with Gasteiger partial charge in [0.2, 0.25) is 5.91 Å². The Morgan fingerprint density at radius 2 is 2.11 bits per heavy atom. The first kappa shape index (κ1) is 17.7. The van der Waals surface area contributed by atoms with Gasteiger partial charge in [0.1, 0.15) is 6.17 Å². The molecule has 1 aromatic carbocycles. The van der Waals surface area contributed by atoms with Gasteiger partial charge in [-0.15, -0.1) is 0 Å². The number of anilines is 2. The number of hydrogen-bond donors (Lipinski definition) is 2. The number of rotatable bonds is 3. The number of benzene rings is 1. The molecule has 0 spiro atoms. The first-order valence-corrected chi connectivity index (χ1v) is 9.12. The number of piperidine rings is 1. The molecule has 3 amide bonds. The summed E-state index contributed by atoms with van der Waals surface area (Å²) >= 11 is 0. The van der Waals surface area contributed by atoms with Crippen molar-refractivity contribution in [2.24, 2.45) is 7.05 Å². The standard InChI is InChI=1S/C18H23FN6O2/c1-20-14-5-7-24(10-13(14)19)11-3-4-12-15(9-11)23(2)22-17(12)25-8-6-16(26)21-18(25)27/h3-4,9,13-14,20H,5-8,10H2,1-2H3,(H,21,26,27)/t13-,14+/m1/s1. The average molecular weight is 374 g/mol. The molecule has 1 aromatic heterocycles. The van der Waals surface area contributed by atoms with Crippen molar-refractivity contribution >= 4 is 34.3 Å². The smallest absolute Gasteiger partial charge is 0.329 e. The van der Waals surface area contributed by atoms with Gasteiger partial charge >= 0.3 is 6.03 Å². The zero-order valence-electron chi connectivity index (χ0n) is 15.4. The van der Waals surface area contributed by atoms with Crippen LogP contribution in [0.4, 0.5) is 20.7 Å². The van der Waals surface area contributed by atoms with Crippen molar-refractivity contribution in [2.45, 2.75) is 25.1 Å². The van der Waals surface area contributed by atoms with E-state index < -0.39 is 12.2 Å². The third-order valence-electron chi connectivity index (χ3n) is 5.40. The molecule has 2 fully saturated rings. The summed E-state index contributed by atoms with van der Waals surface area (Å²) in [5.41, 5.74) is 1.80. The van der Waals surface area contributed by atoms with Crippen LogP contribution in [0.5, 0.6) is 0 Å². The van der Waals surface area contributed by atoms with Crippen LogP contribution in [0.25, 0.3) is 10.9 Å². The molecular formula is C18H23FN6O2. The molecule has 27 heavy (non-hydrogen) atoms. The van der Waals surface area contributed by atoms with E-state index in [1.807, 2.05) is 30.1 Å². The second-order valence-electron chi connectivity index (χ2n) is 7.05. The van der Waals surface area contributed by atoms with E-state index in [2.05, 4.69) is 15.7 Å². The fourth-order valence-corrected chi connectivity index (χ4v) is 3.85. The molecule has 0 bridgehead atoms. The minimum atomic E-state index is -0.920.